The largest absolute Gasteiger partial charge is 0.480 e. The second kappa shape index (κ2) is 7.82. The Hall–Kier alpha value is -2.83. The number of amides is 1. The third-order valence-corrected chi connectivity index (χ3v) is 4.73. The van der Waals surface area contributed by atoms with E-state index in [1.807, 2.05) is 6.92 Å². The number of benzene rings is 1. The van der Waals surface area contributed by atoms with Gasteiger partial charge in [-0.15, -0.1) is 0 Å². The number of carbonyl (C=O) groups is 2. The number of hydrogen-bond acceptors (Lipinski definition) is 5. The molecule has 27 heavy (non-hydrogen) atoms. The van der Waals surface area contributed by atoms with Crippen LogP contribution in [0.15, 0.2) is 21.3 Å². The zero-order chi connectivity index (χ0) is 20.5. The molecule has 0 aliphatic heterocycles. The predicted molar refractivity (Wildman–Crippen MR) is 101 cm³/mol. The summed E-state index contributed by atoms with van der Waals surface area (Å²) >= 11 is 0. The second-order valence-electron chi connectivity index (χ2n) is 7.03. The summed E-state index contributed by atoms with van der Waals surface area (Å²) in [5.74, 6) is -1.49. The Balaban J connectivity index is 2.29. The predicted octanol–water partition coefficient (Wildman–Crippen LogP) is 2.71. The summed E-state index contributed by atoms with van der Waals surface area (Å²) in [6.07, 6.45) is -0.917. The topological polar surface area (TPSA) is 106 Å². The Bertz CT molecular complexity index is 944. The van der Waals surface area contributed by atoms with Gasteiger partial charge in [-0.05, 0) is 51.3 Å². The molecule has 1 aromatic carbocycles. The SMILES string of the molecule is Cc1c(C)c2ccc(O[C@H](C)C(=O)N[C@@H](C(=O)O)C(C)C)c(C)c2oc1=O. The summed E-state index contributed by atoms with van der Waals surface area (Å²) in [5, 5.41) is 12.5. The minimum absolute atomic E-state index is 0.262. The highest BCUT2D eigenvalue weighted by Crippen LogP contribution is 2.29. The lowest BCUT2D eigenvalue weighted by Crippen LogP contribution is -2.48. The average molecular weight is 375 g/mol. The smallest absolute Gasteiger partial charge is 0.339 e. The first-order valence-corrected chi connectivity index (χ1v) is 8.78. The molecule has 0 spiro atoms. The molecule has 0 aliphatic carbocycles. The fourth-order valence-electron chi connectivity index (χ4n) is 2.78. The molecule has 7 nitrogen and oxygen atoms in total. The number of carboxylic acid groups (broad SMARTS) is 1. The molecule has 0 aliphatic rings. The van der Waals surface area contributed by atoms with Crippen molar-refractivity contribution in [1.29, 1.82) is 0 Å². The van der Waals surface area contributed by atoms with Crippen molar-refractivity contribution in [2.24, 2.45) is 5.92 Å². The molecule has 146 valence electrons. The number of fused-ring (bicyclic) bond motifs is 1. The van der Waals surface area contributed by atoms with E-state index in [9.17, 15) is 19.5 Å². The maximum atomic E-state index is 12.3. The van der Waals surface area contributed by atoms with Crippen LogP contribution in [0.25, 0.3) is 11.0 Å². The van der Waals surface area contributed by atoms with Crippen molar-refractivity contribution in [3.8, 4) is 5.75 Å². The van der Waals surface area contributed by atoms with Gasteiger partial charge in [0.15, 0.2) is 6.10 Å². The maximum absolute atomic E-state index is 12.3. The Morgan fingerprint density at radius 1 is 1.07 bits per heavy atom. The molecular weight excluding hydrogens is 350 g/mol. The molecule has 2 N–H and O–H groups in total. The molecule has 2 atom stereocenters. The van der Waals surface area contributed by atoms with Crippen LogP contribution in [0.5, 0.6) is 5.75 Å². The van der Waals surface area contributed by atoms with Gasteiger partial charge in [0.2, 0.25) is 0 Å². The quantitative estimate of drug-likeness (QED) is 0.752. The molecule has 0 radical (unpaired) electrons. The van der Waals surface area contributed by atoms with Crippen molar-refractivity contribution in [2.75, 3.05) is 0 Å². The summed E-state index contributed by atoms with van der Waals surface area (Å²) in [6, 6.07) is 2.50. The molecule has 0 bridgehead atoms. The number of rotatable bonds is 6. The first-order valence-electron chi connectivity index (χ1n) is 8.78. The zero-order valence-corrected chi connectivity index (χ0v) is 16.4. The number of carbonyl (C=O) groups excluding carboxylic acids is 1. The van der Waals surface area contributed by atoms with Crippen molar-refractivity contribution in [2.45, 2.75) is 53.7 Å². The highest BCUT2D eigenvalue weighted by molar-refractivity contribution is 5.87. The maximum Gasteiger partial charge on any atom is 0.339 e. The summed E-state index contributed by atoms with van der Waals surface area (Å²) in [4.78, 5) is 35.5. The lowest BCUT2D eigenvalue weighted by atomic mass is 10.0. The van der Waals surface area contributed by atoms with Gasteiger partial charge in [-0.3, -0.25) is 4.79 Å². The summed E-state index contributed by atoms with van der Waals surface area (Å²) in [7, 11) is 0. The molecule has 0 unspecified atom stereocenters. The first kappa shape index (κ1) is 20.5. The van der Waals surface area contributed by atoms with Crippen LogP contribution in [-0.4, -0.2) is 29.1 Å². The number of aryl methyl sites for hydroxylation is 2. The number of nitrogens with one attached hydrogen (secondary N) is 1. The van der Waals surface area contributed by atoms with Gasteiger partial charge in [-0.1, -0.05) is 13.8 Å². The molecule has 1 amide bonds. The van der Waals surface area contributed by atoms with E-state index in [-0.39, 0.29) is 5.92 Å². The minimum Gasteiger partial charge on any atom is -0.480 e. The third kappa shape index (κ3) is 4.13. The summed E-state index contributed by atoms with van der Waals surface area (Å²) in [6.45, 7) is 10.3. The van der Waals surface area contributed by atoms with Crippen LogP contribution in [0.4, 0.5) is 0 Å². The summed E-state index contributed by atoms with van der Waals surface area (Å²) in [5.41, 5.74) is 2.00. The van der Waals surface area contributed by atoms with Crippen LogP contribution in [0.1, 0.15) is 37.5 Å². The van der Waals surface area contributed by atoms with Gasteiger partial charge >= 0.3 is 11.6 Å². The van der Waals surface area contributed by atoms with Crippen LogP contribution >= 0.6 is 0 Å². The fraction of sp³-hybridized carbons (Fsp3) is 0.450. The monoisotopic (exact) mass is 375 g/mol. The third-order valence-electron chi connectivity index (χ3n) is 4.73. The standard InChI is InChI=1S/C20H25NO6/c1-9(2)16(19(23)24)21-18(22)13(6)26-15-8-7-14-10(3)11(4)20(25)27-17(14)12(15)5/h7-9,13,16H,1-6H3,(H,21,22)(H,23,24)/t13-,16-/m1/s1. The van der Waals surface area contributed by atoms with Crippen molar-refractivity contribution in [3.63, 3.8) is 0 Å². The van der Waals surface area contributed by atoms with Crippen LogP contribution in [-0.2, 0) is 9.59 Å². The molecule has 0 saturated carbocycles. The van der Waals surface area contributed by atoms with E-state index in [0.29, 0.717) is 22.5 Å². The molecule has 0 fully saturated rings. The molecule has 2 rings (SSSR count). The second-order valence-corrected chi connectivity index (χ2v) is 7.03. The van der Waals surface area contributed by atoms with Crippen LogP contribution in [0.2, 0.25) is 0 Å². The Morgan fingerprint density at radius 3 is 2.26 bits per heavy atom. The average Bonchev–Trinajstić information content (AvgIpc) is 2.59. The highest BCUT2D eigenvalue weighted by atomic mass is 16.5. The minimum atomic E-state index is -1.10. The van der Waals surface area contributed by atoms with Crippen molar-refractivity contribution in [1.82, 2.24) is 5.32 Å². The number of carboxylic acids is 1. The molecule has 1 heterocycles. The van der Waals surface area contributed by atoms with Gasteiger partial charge in [-0.2, -0.15) is 0 Å². The van der Waals surface area contributed by atoms with E-state index in [1.54, 1.807) is 39.8 Å². The van der Waals surface area contributed by atoms with Crippen molar-refractivity contribution in [3.05, 3.63) is 39.2 Å². The van der Waals surface area contributed by atoms with Crippen LogP contribution in [0, 0.1) is 26.7 Å². The van der Waals surface area contributed by atoms with E-state index in [4.69, 9.17) is 9.15 Å². The van der Waals surface area contributed by atoms with E-state index in [0.717, 1.165) is 10.9 Å². The van der Waals surface area contributed by atoms with Gasteiger partial charge in [0.05, 0.1) is 0 Å². The normalized spacial score (nSPS) is 13.4. The molecule has 2 aromatic rings. The first-order chi connectivity index (χ1) is 12.5. The van der Waals surface area contributed by atoms with E-state index in [2.05, 4.69) is 5.32 Å². The summed E-state index contributed by atoms with van der Waals surface area (Å²) < 4.78 is 11.1. The van der Waals surface area contributed by atoms with E-state index < -0.39 is 29.6 Å². The van der Waals surface area contributed by atoms with Crippen LogP contribution in [0.3, 0.4) is 0 Å². The van der Waals surface area contributed by atoms with Crippen LogP contribution < -0.4 is 15.7 Å². The Labute approximate surface area is 157 Å². The van der Waals surface area contributed by atoms with Gasteiger partial charge in [0.1, 0.15) is 17.4 Å². The molecule has 7 heteroatoms. The number of ether oxygens (including phenoxy) is 1. The fourth-order valence-corrected chi connectivity index (χ4v) is 2.78. The van der Waals surface area contributed by atoms with E-state index >= 15 is 0 Å². The van der Waals surface area contributed by atoms with Crippen molar-refractivity contribution >= 4 is 22.8 Å². The van der Waals surface area contributed by atoms with Gasteiger partial charge in [-0.25, -0.2) is 9.59 Å². The Kier molecular flexibility index (Phi) is 5.93. The van der Waals surface area contributed by atoms with Gasteiger partial charge < -0.3 is 19.6 Å². The lowest BCUT2D eigenvalue weighted by molar-refractivity contribution is -0.144. The molecule has 1 aromatic heterocycles. The number of hydrogen-bond donors (Lipinski definition) is 2. The lowest BCUT2D eigenvalue weighted by Gasteiger charge is -2.22. The van der Waals surface area contributed by atoms with Gasteiger partial charge in [0.25, 0.3) is 5.91 Å². The highest BCUT2D eigenvalue weighted by Gasteiger charge is 2.27. The van der Waals surface area contributed by atoms with E-state index in [1.165, 1.54) is 6.92 Å². The van der Waals surface area contributed by atoms with Crippen molar-refractivity contribution < 1.29 is 23.8 Å². The Morgan fingerprint density at radius 2 is 1.70 bits per heavy atom. The van der Waals surface area contributed by atoms with Gasteiger partial charge in [0, 0.05) is 16.5 Å². The number of aliphatic carboxylic acids is 1. The molecule has 0 saturated heterocycles. The molecular formula is C20H25NO6. The zero-order valence-electron chi connectivity index (χ0n) is 16.4.